The molecule has 1 aliphatic heterocycles. The van der Waals surface area contributed by atoms with Crippen molar-refractivity contribution in [2.24, 2.45) is 0 Å². The first-order valence-corrected chi connectivity index (χ1v) is 7.35. The Kier molecular flexibility index (Phi) is 5.10. The number of amides is 4. The van der Waals surface area contributed by atoms with E-state index in [1.807, 2.05) is 0 Å². The van der Waals surface area contributed by atoms with Gasteiger partial charge in [-0.15, -0.1) is 0 Å². The second-order valence-electron chi connectivity index (χ2n) is 5.30. The van der Waals surface area contributed by atoms with Gasteiger partial charge in [0.25, 0.3) is 11.8 Å². The van der Waals surface area contributed by atoms with Crippen LogP contribution in [0.1, 0.15) is 33.6 Å². The summed E-state index contributed by atoms with van der Waals surface area (Å²) in [5.74, 6) is -1.10. The highest BCUT2D eigenvalue weighted by Gasteiger charge is 2.35. The van der Waals surface area contributed by atoms with E-state index < -0.39 is 0 Å². The van der Waals surface area contributed by atoms with Crippen molar-refractivity contribution in [1.82, 2.24) is 15.1 Å². The van der Waals surface area contributed by atoms with Crippen LogP contribution < -0.4 is 5.32 Å². The molecule has 1 aliphatic rings. The van der Waals surface area contributed by atoms with Crippen molar-refractivity contribution in [2.45, 2.75) is 12.8 Å². The topological polar surface area (TPSA) is 86.8 Å². The maximum Gasteiger partial charge on any atom is 0.261 e. The molecule has 0 unspecified atom stereocenters. The second kappa shape index (κ2) is 7.04. The molecule has 0 saturated carbocycles. The van der Waals surface area contributed by atoms with E-state index in [-0.39, 0.29) is 43.0 Å². The van der Waals surface area contributed by atoms with E-state index in [0.717, 1.165) is 4.90 Å². The van der Waals surface area contributed by atoms with Crippen LogP contribution in [-0.4, -0.2) is 60.6 Å². The SMILES string of the molecule is CNC(=O)CCN(C)C(=O)CCN1C(=O)c2ccccc2C1=O. The van der Waals surface area contributed by atoms with Crippen LogP contribution in [0.25, 0.3) is 0 Å². The van der Waals surface area contributed by atoms with Gasteiger partial charge < -0.3 is 10.2 Å². The van der Waals surface area contributed by atoms with Gasteiger partial charge in [-0.3, -0.25) is 24.1 Å². The number of carbonyl (C=O) groups excluding carboxylic acids is 4. The van der Waals surface area contributed by atoms with Gasteiger partial charge in [-0.05, 0) is 12.1 Å². The average molecular weight is 317 g/mol. The Morgan fingerprint density at radius 3 is 2.17 bits per heavy atom. The molecule has 122 valence electrons. The molecular weight excluding hydrogens is 298 g/mol. The summed E-state index contributed by atoms with van der Waals surface area (Å²) in [6.45, 7) is 0.329. The van der Waals surface area contributed by atoms with Gasteiger partial charge in [0.1, 0.15) is 0 Å². The van der Waals surface area contributed by atoms with Crippen LogP contribution in [-0.2, 0) is 9.59 Å². The molecule has 0 spiro atoms. The lowest BCUT2D eigenvalue weighted by Crippen LogP contribution is -2.36. The average Bonchev–Trinajstić information content (AvgIpc) is 2.81. The summed E-state index contributed by atoms with van der Waals surface area (Å²) in [7, 11) is 3.13. The van der Waals surface area contributed by atoms with E-state index in [1.54, 1.807) is 31.3 Å². The van der Waals surface area contributed by atoms with Crippen LogP contribution in [0.15, 0.2) is 24.3 Å². The number of fused-ring (bicyclic) bond motifs is 1. The molecule has 2 rings (SSSR count). The van der Waals surface area contributed by atoms with Gasteiger partial charge >= 0.3 is 0 Å². The fraction of sp³-hybridized carbons (Fsp3) is 0.375. The van der Waals surface area contributed by atoms with Gasteiger partial charge in [0.05, 0.1) is 11.1 Å². The Labute approximate surface area is 134 Å². The lowest BCUT2D eigenvalue weighted by atomic mass is 10.1. The van der Waals surface area contributed by atoms with E-state index in [9.17, 15) is 19.2 Å². The van der Waals surface area contributed by atoms with Crippen molar-refractivity contribution in [3.05, 3.63) is 35.4 Å². The van der Waals surface area contributed by atoms with Crippen molar-refractivity contribution >= 4 is 23.6 Å². The third kappa shape index (κ3) is 3.56. The van der Waals surface area contributed by atoms with E-state index >= 15 is 0 Å². The zero-order chi connectivity index (χ0) is 17.0. The highest BCUT2D eigenvalue weighted by molar-refractivity contribution is 6.21. The number of hydrogen-bond donors (Lipinski definition) is 1. The first kappa shape index (κ1) is 16.7. The Bertz CT molecular complexity index is 621. The molecule has 7 heteroatoms. The first-order valence-electron chi connectivity index (χ1n) is 7.35. The Hall–Kier alpha value is -2.70. The summed E-state index contributed by atoms with van der Waals surface area (Å²) in [6.07, 6.45) is 0.251. The lowest BCUT2D eigenvalue weighted by molar-refractivity contribution is -0.130. The monoisotopic (exact) mass is 317 g/mol. The van der Waals surface area contributed by atoms with Crippen LogP contribution >= 0.6 is 0 Å². The van der Waals surface area contributed by atoms with Gasteiger partial charge in [0.15, 0.2) is 0 Å². The molecule has 0 fully saturated rings. The zero-order valence-electron chi connectivity index (χ0n) is 13.2. The number of nitrogens with zero attached hydrogens (tertiary/aromatic N) is 2. The minimum absolute atomic E-state index is 0.0372. The van der Waals surface area contributed by atoms with Crippen molar-refractivity contribution < 1.29 is 19.2 Å². The molecule has 7 nitrogen and oxygen atoms in total. The number of rotatable bonds is 6. The largest absolute Gasteiger partial charge is 0.359 e. The number of benzene rings is 1. The summed E-state index contributed by atoms with van der Waals surface area (Å²) in [5, 5.41) is 2.48. The molecule has 0 bridgehead atoms. The van der Waals surface area contributed by atoms with Crippen molar-refractivity contribution in [3.63, 3.8) is 0 Å². The summed E-state index contributed by atoms with van der Waals surface area (Å²) in [5.41, 5.74) is 0.746. The molecular formula is C16H19N3O4. The molecule has 0 radical (unpaired) electrons. The Morgan fingerprint density at radius 1 is 1.09 bits per heavy atom. The smallest absolute Gasteiger partial charge is 0.261 e. The van der Waals surface area contributed by atoms with Crippen LogP contribution in [0.3, 0.4) is 0 Å². The number of carbonyl (C=O) groups is 4. The summed E-state index contributed by atoms with van der Waals surface area (Å²) < 4.78 is 0. The predicted octanol–water partition coefficient (Wildman–Crippen LogP) is 0.267. The first-order chi connectivity index (χ1) is 11.0. The summed E-state index contributed by atoms with van der Waals surface area (Å²) in [4.78, 5) is 50.1. The summed E-state index contributed by atoms with van der Waals surface area (Å²) in [6, 6.07) is 6.61. The number of imide groups is 1. The normalized spacial score (nSPS) is 13.0. The maximum absolute atomic E-state index is 12.2. The molecule has 1 heterocycles. The van der Waals surface area contributed by atoms with E-state index in [2.05, 4.69) is 5.32 Å². The van der Waals surface area contributed by atoms with Crippen LogP contribution in [0.5, 0.6) is 0 Å². The molecule has 4 amide bonds. The quantitative estimate of drug-likeness (QED) is 0.763. The fourth-order valence-electron chi connectivity index (χ4n) is 2.36. The van der Waals surface area contributed by atoms with E-state index in [1.165, 1.54) is 11.9 Å². The minimum atomic E-state index is -0.369. The molecule has 0 aliphatic carbocycles. The zero-order valence-corrected chi connectivity index (χ0v) is 13.2. The van der Waals surface area contributed by atoms with Crippen LogP contribution in [0.4, 0.5) is 0 Å². The van der Waals surface area contributed by atoms with Crippen LogP contribution in [0, 0.1) is 0 Å². The molecule has 23 heavy (non-hydrogen) atoms. The van der Waals surface area contributed by atoms with E-state index in [0.29, 0.717) is 17.7 Å². The second-order valence-corrected chi connectivity index (χ2v) is 5.30. The van der Waals surface area contributed by atoms with Gasteiger partial charge in [0.2, 0.25) is 11.8 Å². The molecule has 1 N–H and O–H groups in total. The minimum Gasteiger partial charge on any atom is -0.359 e. The predicted molar refractivity (Wildman–Crippen MR) is 82.7 cm³/mol. The highest BCUT2D eigenvalue weighted by atomic mass is 16.2. The van der Waals surface area contributed by atoms with Crippen LogP contribution in [0.2, 0.25) is 0 Å². The van der Waals surface area contributed by atoms with Crippen molar-refractivity contribution in [3.8, 4) is 0 Å². The molecule has 0 saturated heterocycles. The fourth-order valence-corrected chi connectivity index (χ4v) is 2.36. The van der Waals surface area contributed by atoms with E-state index in [4.69, 9.17) is 0 Å². The number of hydrogen-bond acceptors (Lipinski definition) is 4. The highest BCUT2D eigenvalue weighted by Crippen LogP contribution is 2.22. The van der Waals surface area contributed by atoms with Gasteiger partial charge in [0, 0.05) is 40.0 Å². The van der Waals surface area contributed by atoms with Gasteiger partial charge in [-0.25, -0.2) is 0 Å². The molecule has 1 aromatic carbocycles. The molecule has 0 atom stereocenters. The summed E-state index contributed by atoms with van der Waals surface area (Å²) >= 11 is 0. The van der Waals surface area contributed by atoms with Crippen molar-refractivity contribution in [2.75, 3.05) is 27.2 Å². The van der Waals surface area contributed by atoms with Crippen molar-refractivity contribution in [1.29, 1.82) is 0 Å². The standard InChI is InChI=1S/C16H19N3O4/c1-17-13(20)7-9-18(2)14(21)8-10-19-15(22)11-5-3-4-6-12(11)16(19)23/h3-6H,7-10H2,1-2H3,(H,17,20). The van der Waals surface area contributed by atoms with Gasteiger partial charge in [-0.2, -0.15) is 0 Å². The third-order valence-electron chi connectivity index (χ3n) is 3.81. The molecule has 1 aromatic rings. The maximum atomic E-state index is 12.2. The Balaban J connectivity index is 1.89. The lowest BCUT2D eigenvalue weighted by Gasteiger charge is -2.19. The molecule has 0 aromatic heterocycles. The number of nitrogens with one attached hydrogen (secondary N) is 1. The Morgan fingerprint density at radius 2 is 1.65 bits per heavy atom. The third-order valence-corrected chi connectivity index (χ3v) is 3.81. The van der Waals surface area contributed by atoms with Gasteiger partial charge in [-0.1, -0.05) is 12.1 Å².